The summed E-state index contributed by atoms with van der Waals surface area (Å²) in [6, 6.07) is 3.36. The van der Waals surface area contributed by atoms with Crippen molar-refractivity contribution in [3.8, 4) is 0 Å². The predicted octanol–water partition coefficient (Wildman–Crippen LogP) is 1.03. The summed E-state index contributed by atoms with van der Waals surface area (Å²) in [6.07, 6.45) is 6.30. The second-order valence-electron chi connectivity index (χ2n) is 6.42. The van der Waals surface area contributed by atoms with Crippen LogP contribution in [0.3, 0.4) is 0 Å². The van der Waals surface area contributed by atoms with Crippen LogP contribution in [0, 0.1) is 5.82 Å². The molecule has 3 aromatic rings. The van der Waals surface area contributed by atoms with E-state index in [2.05, 4.69) is 19.9 Å². The average Bonchev–Trinajstić information content (AvgIpc) is 3.08. The number of hydrogen-bond donors (Lipinski definition) is 2. The van der Waals surface area contributed by atoms with Gasteiger partial charge in [-0.1, -0.05) is 6.07 Å². The van der Waals surface area contributed by atoms with Crippen molar-refractivity contribution in [3.05, 3.63) is 60.5 Å². The molecule has 10 heteroatoms. The zero-order valence-corrected chi connectivity index (χ0v) is 14.9. The Morgan fingerprint density at radius 2 is 1.89 bits per heavy atom. The summed E-state index contributed by atoms with van der Waals surface area (Å²) in [5.41, 5.74) is 13.9. The summed E-state index contributed by atoms with van der Waals surface area (Å²) < 4.78 is 15.1. The number of pyridine rings is 1. The van der Waals surface area contributed by atoms with Crippen LogP contribution >= 0.6 is 0 Å². The molecule has 4 heterocycles. The van der Waals surface area contributed by atoms with Crippen molar-refractivity contribution in [1.29, 1.82) is 0 Å². The predicted molar refractivity (Wildman–Crippen MR) is 97.7 cm³/mol. The van der Waals surface area contributed by atoms with E-state index in [1.165, 1.54) is 0 Å². The summed E-state index contributed by atoms with van der Waals surface area (Å²) in [5.74, 6) is 1.22. The van der Waals surface area contributed by atoms with E-state index in [-0.39, 0.29) is 6.04 Å². The molecule has 4 N–H and O–H groups in total. The van der Waals surface area contributed by atoms with Gasteiger partial charge >= 0.3 is 0 Å². The minimum atomic E-state index is -0.666. The summed E-state index contributed by atoms with van der Waals surface area (Å²) in [5, 5.41) is 0. The molecule has 2 unspecified atom stereocenters. The maximum atomic E-state index is 13.2. The molecular weight excluding hydrogens is 349 g/mol. The molecule has 0 amide bonds. The van der Waals surface area contributed by atoms with Gasteiger partial charge in [0.1, 0.15) is 12.0 Å². The van der Waals surface area contributed by atoms with Gasteiger partial charge in [0.2, 0.25) is 0 Å². The number of rotatable bonds is 3. The molecule has 0 radical (unpaired) electrons. The van der Waals surface area contributed by atoms with Gasteiger partial charge in [-0.15, -0.1) is 0 Å². The highest BCUT2D eigenvalue weighted by Crippen LogP contribution is 2.39. The van der Waals surface area contributed by atoms with E-state index >= 15 is 0 Å². The highest BCUT2D eigenvalue weighted by atomic mass is 19.1. The van der Waals surface area contributed by atoms with Crippen molar-refractivity contribution in [2.45, 2.75) is 25.4 Å². The molecule has 0 aliphatic carbocycles. The van der Waals surface area contributed by atoms with Crippen molar-refractivity contribution >= 4 is 11.6 Å². The molecule has 140 valence electrons. The standard InChI is InChI=1S/C17H20FN9/c1-10(15-22-6-11(18)7-23-15)26-16-12(4-3-5-21-16)14(19)27(17(26)20)13-8-25(2)9-24-13/h3-10,14,17H,19-20H2,1-2H3/t10-,14?,17?/m0/s1. The molecule has 4 rings (SSSR count). The Hall–Kier alpha value is -3.11. The van der Waals surface area contributed by atoms with Crippen LogP contribution in [0.5, 0.6) is 0 Å². The van der Waals surface area contributed by atoms with E-state index in [4.69, 9.17) is 11.5 Å². The minimum absolute atomic E-state index is 0.368. The van der Waals surface area contributed by atoms with Gasteiger partial charge in [-0.3, -0.25) is 5.73 Å². The molecule has 0 saturated heterocycles. The highest BCUT2D eigenvalue weighted by molar-refractivity contribution is 5.59. The summed E-state index contributed by atoms with van der Waals surface area (Å²) in [7, 11) is 1.87. The van der Waals surface area contributed by atoms with Crippen LogP contribution in [0.25, 0.3) is 0 Å². The first-order chi connectivity index (χ1) is 13.0. The highest BCUT2D eigenvalue weighted by Gasteiger charge is 2.40. The Morgan fingerprint density at radius 3 is 2.56 bits per heavy atom. The second kappa shape index (κ2) is 6.56. The van der Waals surface area contributed by atoms with Crippen LogP contribution in [-0.4, -0.2) is 30.8 Å². The number of imidazole rings is 1. The lowest BCUT2D eigenvalue weighted by Crippen LogP contribution is -2.62. The number of hydrogen-bond acceptors (Lipinski definition) is 8. The van der Waals surface area contributed by atoms with Gasteiger partial charge in [-0.2, -0.15) is 0 Å². The first-order valence-corrected chi connectivity index (χ1v) is 8.45. The van der Waals surface area contributed by atoms with Gasteiger partial charge < -0.3 is 20.1 Å². The molecule has 0 fully saturated rings. The number of fused-ring (bicyclic) bond motifs is 1. The normalized spacial score (nSPS) is 20.5. The molecule has 0 bridgehead atoms. The average molecular weight is 369 g/mol. The SMILES string of the molecule is C[C@@H](c1ncc(F)cn1)N1c2ncccc2C(N)N(c2cn(C)cn2)C1N. The third-order valence-electron chi connectivity index (χ3n) is 4.64. The fourth-order valence-electron chi connectivity index (χ4n) is 3.32. The second-order valence-corrected chi connectivity index (χ2v) is 6.42. The van der Waals surface area contributed by atoms with E-state index in [9.17, 15) is 4.39 Å². The monoisotopic (exact) mass is 369 g/mol. The molecule has 0 aromatic carbocycles. The maximum Gasteiger partial charge on any atom is 0.159 e. The molecule has 27 heavy (non-hydrogen) atoms. The van der Waals surface area contributed by atoms with Gasteiger partial charge in [-0.25, -0.2) is 24.3 Å². The van der Waals surface area contributed by atoms with E-state index < -0.39 is 18.3 Å². The Kier molecular flexibility index (Phi) is 4.21. The largest absolute Gasteiger partial charge is 0.338 e. The summed E-state index contributed by atoms with van der Waals surface area (Å²) in [4.78, 5) is 20.7. The fourth-order valence-corrected chi connectivity index (χ4v) is 3.32. The number of halogens is 1. The fraction of sp³-hybridized carbons (Fsp3) is 0.294. The lowest BCUT2D eigenvalue weighted by molar-refractivity contribution is 0.432. The van der Waals surface area contributed by atoms with Crippen molar-refractivity contribution in [2.75, 3.05) is 9.80 Å². The number of nitrogens with two attached hydrogens (primary N) is 2. The molecule has 9 nitrogen and oxygen atoms in total. The Bertz CT molecular complexity index is 942. The van der Waals surface area contributed by atoms with Crippen LogP contribution in [0.2, 0.25) is 0 Å². The zero-order chi connectivity index (χ0) is 19.1. The maximum absolute atomic E-state index is 13.2. The third-order valence-corrected chi connectivity index (χ3v) is 4.64. The molecule has 0 saturated carbocycles. The van der Waals surface area contributed by atoms with Crippen molar-refractivity contribution in [3.63, 3.8) is 0 Å². The topological polar surface area (TPSA) is 115 Å². The lowest BCUT2D eigenvalue weighted by Gasteiger charge is -2.48. The van der Waals surface area contributed by atoms with Crippen LogP contribution in [0.15, 0.2) is 43.2 Å². The van der Waals surface area contributed by atoms with E-state index in [0.29, 0.717) is 17.5 Å². The van der Waals surface area contributed by atoms with Crippen LogP contribution in [-0.2, 0) is 7.05 Å². The molecule has 1 aliphatic rings. The molecule has 3 atom stereocenters. The number of nitrogens with zero attached hydrogens (tertiary/aromatic N) is 7. The van der Waals surface area contributed by atoms with Crippen LogP contribution in [0.4, 0.5) is 16.0 Å². The lowest BCUT2D eigenvalue weighted by atomic mass is 10.1. The number of aromatic nitrogens is 5. The Morgan fingerprint density at radius 1 is 1.15 bits per heavy atom. The minimum Gasteiger partial charge on any atom is -0.338 e. The van der Waals surface area contributed by atoms with Crippen molar-refractivity contribution in [1.82, 2.24) is 24.5 Å². The Balaban J connectivity index is 1.81. The molecular formula is C17H20FN9. The smallest absolute Gasteiger partial charge is 0.159 e. The number of anilines is 2. The Labute approximate surface area is 155 Å². The zero-order valence-electron chi connectivity index (χ0n) is 14.9. The third kappa shape index (κ3) is 2.88. The molecule has 0 spiro atoms. The van der Waals surface area contributed by atoms with Crippen LogP contribution < -0.4 is 21.3 Å². The first-order valence-electron chi connectivity index (χ1n) is 8.45. The van der Waals surface area contributed by atoms with E-state index in [1.807, 2.05) is 46.7 Å². The van der Waals surface area contributed by atoms with Crippen molar-refractivity contribution < 1.29 is 4.39 Å². The summed E-state index contributed by atoms with van der Waals surface area (Å²) in [6.45, 7) is 1.89. The van der Waals surface area contributed by atoms with Gasteiger partial charge in [0.05, 0.1) is 24.8 Å². The van der Waals surface area contributed by atoms with E-state index in [0.717, 1.165) is 18.0 Å². The summed E-state index contributed by atoms with van der Waals surface area (Å²) >= 11 is 0. The van der Waals surface area contributed by atoms with Gasteiger partial charge in [-0.05, 0) is 13.0 Å². The molecule has 3 aromatic heterocycles. The molecule has 1 aliphatic heterocycles. The van der Waals surface area contributed by atoms with Crippen molar-refractivity contribution in [2.24, 2.45) is 18.5 Å². The van der Waals surface area contributed by atoms with Gasteiger partial charge in [0.15, 0.2) is 23.7 Å². The van der Waals surface area contributed by atoms with Gasteiger partial charge in [0.25, 0.3) is 0 Å². The number of aryl methyl sites for hydroxylation is 1. The van der Waals surface area contributed by atoms with E-state index in [1.54, 1.807) is 12.5 Å². The first kappa shape index (κ1) is 17.3. The van der Waals surface area contributed by atoms with Crippen LogP contribution in [0.1, 0.15) is 30.5 Å². The quantitative estimate of drug-likeness (QED) is 0.703. The van der Waals surface area contributed by atoms with Gasteiger partial charge in [0, 0.05) is 25.0 Å².